The Morgan fingerprint density at radius 3 is 2.68 bits per heavy atom. The Morgan fingerprint density at radius 2 is 2.00 bits per heavy atom. The van der Waals surface area contributed by atoms with Gasteiger partial charge in [-0.25, -0.2) is 0 Å². The van der Waals surface area contributed by atoms with Crippen molar-refractivity contribution < 1.29 is 0 Å². The molecule has 0 spiro atoms. The minimum absolute atomic E-state index is 0.118. The highest BCUT2D eigenvalue weighted by Gasteiger charge is 2.07. The normalized spacial score (nSPS) is 11.7. The lowest BCUT2D eigenvalue weighted by atomic mass is 10.1. The Kier molecular flexibility index (Phi) is 4.09. The highest BCUT2D eigenvalue weighted by atomic mass is 35.5. The summed E-state index contributed by atoms with van der Waals surface area (Å²) in [5.74, 6) is 0. The largest absolute Gasteiger partial charge is 0.378 e. The average molecular weight is 271 g/mol. The molecule has 2 aromatic carbocycles. The standard InChI is InChI=1S/C16H15ClN2/c1-11-6-7-15(9-16(11)17)19-12(2)14-5-3-4-13(8-14)10-18/h3-9,12,19H,1-2H3. The zero-order valence-electron chi connectivity index (χ0n) is 10.9. The van der Waals surface area contributed by atoms with Crippen LogP contribution in [-0.2, 0) is 0 Å². The van der Waals surface area contributed by atoms with Gasteiger partial charge in [0.1, 0.15) is 0 Å². The number of hydrogen-bond acceptors (Lipinski definition) is 2. The molecule has 0 heterocycles. The van der Waals surface area contributed by atoms with Gasteiger partial charge in [-0.3, -0.25) is 0 Å². The predicted molar refractivity (Wildman–Crippen MR) is 79.4 cm³/mol. The Balaban J connectivity index is 2.18. The minimum Gasteiger partial charge on any atom is -0.378 e. The fourth-order valence-corrected chi connectivity index (χ4v) is 2.07. The number of nitrogens with zero attached hydrogens (tertiary/aromatic N) is 1. The molecule has 19 heavy (non-hydrogen) atoms. The second-order valence-corrected chi connectivity index (χ2v) is 4.97. The number of anilines is 1. The van der Waals surface area contributed by atoms with Gasteiger partial charge in [-0.1, -0.05) is 29.8 Å². The lowest BCUT2D eigenvalue weighted by molar-refractivity contribution is 0.884. The topological polar surface area (TPSA) is 35.8 Å². The van der Waals surface area contributed by atoms with Crippen LogP contribution in [0.3, 0.4) is 0 Å². The second-order valence-electron chi connectivity index (χ2n) is 4.57. The van der Waals surface area contributed by atoms with Crippen LogP contribution in [0, 0.1) is 18.3 Å². The molecule has 0 aromatic heterocycles. The van der Waals surface area contributed by atoms with E-state index in [0.29, 0.717) is 5.56 Å². The average Bonchev–Trinajstić information content (AvgIpc) is 2.43. The Bertz CT molecular complexity index is 629. The van der Waals surface area contributed by atoms with E-state index < -0.39 is 0 Å². The molecule has 0 fully saturated rings. The van der Waals surface area contributed by atoms with Gasteiger partial charge in [-0.2, -0.15) is 5.26 Å². The van der Waals surface area contributed by atoms with Crippen molar-refractivity contribution in [3.8, 4) is 6.07 Å². The van der Waals surface area contributed by atoms with Crippen molar-refractivity contribution in [3.63, 3.8) is 0 Å². The van der Waals surface area contributed by atoms with Crippen molar-refractivity contribution in [1.29, 1.82) is 5.26 Å². The third-order valence-electron chi connectivity index (χ3n) is 3.07. The van der Waals surface area contributed by atoms with Gasteiger partial charge >= 0.3 is 0 Å². The van der Waals surface area contributed by atoms with Gasteiger partial charge in [-0.15, -0.1) is 0 Å². The van der Waals surface area contributed by atoms with Gasteiger partial charge in [0, 0.05) is 16.8 Å². The van der Waals surface area contributed by atoms with Crippen LogP contribution in [0.2, 0.25) is 5.02 Å². The Morgan fingerprint density at radius 1 is 1.21 bits per heavy atom. The van der Waals surface area contributed by atoms with E-state index in [4.69, 9.17) is 16.9 Å². The van der Waals surface area contributed by atoms with E-state index in [1.807, 2.05) is 43.3 Å². The quantitative estimate of drug-likeness (QED) is 0.878. The highest BCUT2D eigenvalue weighted by molar-refractivity contribution is 6.31. The number of nitrogens with one attached hydrogen (secondary N) is 1. The predicted octanol–water partition coefficient (Wildman–Crippen LogP) is 4.69. The number of benzene rings is 2. The minimum atomic E-state index is 0.118. The van der Waals surface area contributed by atoms with Gasteiger partial charge in [-0.05, 0) is 49.2 Å². The van der Waals surface area contributed by atoms with Gasteiger partial charge in [0.05, 0.1) is 11.6 Å². The Labute approximate surface area is 118 Å². The molecule has 2 rings (SSSR count). The highest BCUT2D eigenvalue weighted by Crippen LogP contribution is 2.24. The fourth-order valence-electron chi connectivity index (χ4n) is 1.89. The van der Waals surface area contributed by atoms with Crippen LogP contribution in [0.1, 0.15) is 29.7 Å². The van der Waals surface area contributed by atoms with E-state index in [1.165, 1.54) is 0 Å². The summed E-state index contributed by atoms with van der Waals surface area (Å²) in [6, 6.07) is 15.8. The molecular formula is C16H15ClN2. The third kappa shape index (κ3) is 3.27. The van der Waals surface area contributed by atoms with Crippen molar-refractivity contribution >= 4 is 17.3 Å². The van der Waals surface area contributed by atoms with Gasteiger partial charge in [0.25, 0.3) is 0 Å². The van der Waals surface area contributed by atoms with Gasteiger partial charge in [0.15, 0.2) is 0 Å². The van der Waals surface area contributed by atoms with E-state index in [0.717, 1.165) is 21.8 Å². The van der Waals surface area contributed by atoms with E-state index >= 15 is 0 Å². The molecule has 0 saturated carbocycles. The van der Waals surface area contributed by atoms with Crippen LogP contribution < -0.4 is 5.32 Å². The summed E-state index contributed by atoms with van der Waals surface area (Å²) in [6.07, 6.45) is 0. The van der Waals surface area contributed by atoms with Crippen molar-refractivity contribution in [1.82, 2.24) is 0 Å². The van der Waals surface area contributed by atoms with Crippen molar-refractivity contribution in [3.05, 3.63) is 64.2 Å². The molecular weight excluding hydrogens is 256 g/mol. The molecule has 3 heteroatoms. The van der Waals surface area contributed by atoms with Gasteiger partial charge < -0.3 is 5.32 Å². The summed E-state index contributed by atoms with van der Waals surface area (Å²) in [6.45, 7) is 4.04. The molecule has 0 radical (unpaired) electrons. The molecule has 1 N–H and O–H groups in total. The van der Waals surface area contributed by atoms with Crippen LogP contribution >= 0.6 is 11.6 Å². The zero-order chi connectivity index (χ0) is 13.8. The summed E-state index contributed by atoms with van der Waals surface area (Å²) in [5, 5.41) is 13.0. The summed E-state index contributed by atoms with van der Waals surface area (Å²) in [4.78, 5) is 0. The molecule has 1 atom stereocenters. The van der Waals surface area contributed by atoms with Crippen LogP contribution in [0.4, 0.5) is 5.69 Å². The monoisotopic (exact) mass is 270 g/mol. The maximum absolute atomic E-state index is 8.91. The first-order valence-electron chi connectivity index (χ1n) is 6.13. The molecule has 2 nitrogen and oxygen atoms in total. The first-order chi connectivity index (χ1) is 9.10. The van der Waals surface area contributed by atoms with E-state index in [1.54, 1.807) is 6.07 Å². The van der Waals surface area contributed by atoms with E-state index in [2.05, 4.69) is 18.3 Å². The SMILES string of the molecule is Cc1ccc(NC(C)c2cccc(C#N)c2)cc1Cl. The smallest absolute Gasteiger partial charge is 0.0991 e. The van der Waals surface area contributed by atoms with Crippen molar-refractivity contribution in [2.24, 2.45) is 0 Å². The molecule has 0 amide bonds. The summed E-state index contributed by atoms with van der Waals surface area (Å²) in [7, 11) is 0. The third-order valence-corrected chi connectivity index (χ3v) is 3.48. The molecule has 0 aliphatic rings. The number of nitriles is 1. The Hall–Kier alpha value is -1.98. The molecule has 0 bridgehead atoms. The number of aryl methyl sites for hydroxylation is 1. The fraction of sp³-hybridized carbons (Fsp3) is 0.188. The molecule has 1 unspecified atom stereocenters. The van der Waals surface area contributed by atoms with Crippen molar-refractivity contribution in [2.45, 2.75) is 19.9 Å². The molecule has 2 aromatic rings. The first kappa shape index (κ1) is 13.5. The molecule has 96 valence electrons. The molecule has 0 aliphatic heterocycles. The summed E-state index contributed by atoms with van der Waals surface area (Å²) in [5.41, 5.74) is 3.79. The first-order valence-corrected chi connectivity index (χ1v) is 6.50. The van der Waals surface area contributed by atoms with Crippen LogP contribution in [0.25, 0.3) is 0 Å². The van der Waals surface area contributed by atoms with Crippen LogP contribution in [0.5, 0.6) is 0 Å². The second kappa shape index (κ2) is 5.77. The lowest BCUT2D eigenvalue weighted by Gasteiger charge is -2.16. The van der Waals surface area contributed by atoms with E-state index in [9.17, 15) is 0 Å². The summed E-state index contributed by atoms with van der Waals surface area (Å²) >= 11 is 6.11. The summed E-state index contributed by atoms with van der Waals surface area (Å²) < 4.78 is 0. The number of halogens is 1. The van der Waals surface area contributed by atoms with Crippen LogP contribution in [-0.4, -0.2) is 0 Å². The maximum Gasteiger partial charge on any atom is 0.0991 e. The van der Waals surface area contributed by atoms with Gasteiger partial charge in [0.2, 0.25) is 0 Å². The zero-order valence-corrected chi connectivity index (χ0v) is 11.7. The lowest BCUT2D eigenvalue weighted by Crippen LogP contribution is -2.06. The van der Waals surface area contributed by atoms with E-state index in [-0.39, 0.29) is 6.04 Å². The maximum atomic E-state index is 8.91. The van der Waals surface area contributed by atoms with Crippen molar-refractivity contribution in [2.75, 3.05) is 5.32 Å². The number of hydrogen-bond donors (Lipinski definition) is 1. The molecule has 0 aliphatic carbocycles. The van der Waals surface area contributed by atoms with Crippen LogP contribution in [0.15, 0.2) is 42.5 Å². The molecule has 0 saturated heterocycles. The number of rotatable bonds is 3.